The highest BCUT2D eigenvalue weighted by Crippen LogP contribution is 2.19. The van der Waals surface area contributed by atoms with E-state index in [9.17, 15) is 5.21 Å². The van der Waals surface area contributed by atoms with Crippen molar-refractivity contribution in [3.63, 3.8) is 0 Å². The predicted molar refractivity (Wildman–Crippen MR) is 37.0 cm³/mol. The second kappa shape index (κ2) is 2.12. The molecule has 9 heavy (non-hydrogen) atoms. The number of hydrogen-bond donors (Lipinski definition) is 1. The van der Waals surface area contributed by atoms with Gasteiger partial charge in [0.2, 0.25) is 0 Å². The first-order valence-corrected chi connectivity index (χ1v) is 4.35. The highest BCUT2D eigenvalue weighted by atomic mass is 32.2. The van der Waals surface area contributed by atoms with Crippen molar-refractivity contribution < 1.29 is 5.06 Å². The zero-order valence-electron chi connectivity index (χ0n) is 5.17. The number of hydroxylamine groups is 2. The molecule has 0 aromatic carbocycles. The first-order chi connectivity index (χ1) is 4.36. The molecule has 2 atom stereocenters. The van der Waals surface area contributed by atoms with E-state index in [4.69, 9.17) is 0 Å². The van der Waals surface area contributed by atoms with E-state index in [0.29, 0.717) is 11.1 Å². The van der Waals surface area contributed by atoms with E-state index in [0.717, 1.165) is 19.1 Å². The predicted octanol–water partition coefficient (Wildman–Crippen LogP) is -1.28. The molecule has 2 rings (SSSR count). The lowest BCUT2D eigenvalue weighted by molar-refractivity contribution is -0.839. The van der Waals surface area contributed by atoms with E-state index in [1.165, 1.54) is 5.75 Å². The topological polar surface area (TPSA) is 30.7 Å². The third-order valence-corrected chi connectivity index (χ3v) is 3.06. The molecule has 52 valence electrons. The number of hydrogen-bond acceptors (Lipinski definition) is 3. The minimum Gasteiger partial charge on any atom is -0.633 e. The van der Waals surface area contributed by atoms with E-state index in [1.54, 1.807) is 0 Å². The maximum atomic E-state index is 10.8. The summed E-state index contributed by atoms with van der Waals surface area (Å²) in [5, 5.41) is 11.2. The van der Waals surface area contributed by atoms with Crippen LogP contribution < -0.4 is 5.06 Å². The molecule has 2 aliphatic heterocycles. The third kappa shape index (κ3) is 0.961. The van der Waals surface area contributed by atoms with E-state index in [1.807, 2.05) is 11.8 Å². The van der Waals surface area contributed by atoms with Crippen LogP contribution in [0.1, 0.15) is 0 Å². The Bertz CT molecular complexity index is 110. The summed E-state index contributed by atoms with van der Waals surface area (Å²) in [5.74, 6) is 2.25. The van der Waals surface area contributed by atoms with Gasteiger partial charge in [0, 0.05) is 5.75 Å². The number of quaternary nitrogens is 1. The number of thioether (sulfide) groups is 1. The quantitative estimate of drug-likeness (QED) is 0.432. The maximum Gasteiger partial charge on any atom is 0.134 e. The van der Waals surface area contributed by atoms with Crippen molar-refractivity contribution in [3.8, 4) is 0 Å². The molecule has 2 fully saturated rings. The Balaban J connectivity index is 2.02. The summed E-state index contributed by atoms with van der Waals surface area (Å²) >= 11 is 1.94. The van der Waals surface area contributed by atoms with Crippen molar-refractivity contribution in [2.75, 3.05) is 24.8 Å². The van der Waals surface area contributed by atoms with Crippen molar-refractivity contribution in [3.05, 3.63) is 5.21 Å². The Morgan fingerprint density at radius 2 is 2.56 bits per heavy atom. The van der Waals surface area contributed by atoms with Gasteiger partial charge < -0.3 is 10.3 Å². The van der Waals surface area contributed by atoms with Crippen molar-refractivity contribution in [1.29, 1.82) is 0 Å². The van der Waals surface area contributed by atoms with Gasteiger partial charge in [0.15, 0.2) is 0 Å². The van der Waals surface area contributed by atoms with Crippen LogP contribution in [-0.2, 0) is 0 Å². The maximum absolute atomic E-state index is 10.8. The lowest BCUT2D eigenvalue weighted by Crippen LogP contribution is -3.06. The van der Waals surface area contributed by atoms with Gasteiger partial charge in [0.1, 0.15) is 6.67 Å². The summed E-state index contributed by atoms with van der Waals surface area (Å²) in [7, 11) is 0. The number of rotatable bonds is 0. The van der Waals surface area contributed by atoms with E-state index in [2.05, 4.69) is 4.90 Å². The lowest BCUT2D eigenvalue weighted by atomic mass is 10.3. The molecular formula is C5H10N2OS. The van der Waals surface area contributed by atoms with Crippen LogP contribution in [0.5, 0.6) is 0 Å². The highest BCUT2D eigenvalue weighted by Gasteiger charge is 2.34. The second-order valence-electron chi connectivity index (χ2n) is 2.64. The molecule has 0 amide bonds. The highest BCUT2D eigenvalue weighted by molar-refractivity contribution is 7.99. The fourth-order valence-electron chi connectivity index (χ4n) is 1.43. The minimum atomic E-state index is 0.431. The summed E-state index contributed by atoms with van der Waals surface area (Å²) in [5.41, 5.74) is 0. The fraction of sp³-hybridized carbons (Fsp3) is 1.00. The van der Waals surface area contributed by atoms with Crippen LogP contribution in [0.15, 0.2) is 0 Å². The average molecular weight is 146 g/mol. The van der Waals surface area contributed by atoms with Crippen LogP contribution in [0.3, 0.4) is 0 Å². The Hall–Kier alpha value is 0.230. The number of nitrogens with one attached hydrogen (secondary N) is 1. The van der Waals surface area contributed by atoms with Gasteiger partial charge in [-0.1, -0.05) is 0 Å². The van der Waals surface area contributed by atoms with Crippen molar-refractivity contribution >= 4 is 11.8 Å². The summed E-state index contributed by atoms with van der Waals surface area (Å²) in [6.07, 6.45) is 0. The van der Waals surface area contributed by atoms with Gasteiger partial charge in [-0.2, -0.15) is 0 Å². The normalized spacial score (nSPS) is 43.7. The summed E-state index contributed by atoms with van der Waals surface area (Å²) in [6.45, 7) is 1.53. The van der Waals surface area contributed by atoms with Crippen LogP contribution in [0.25, 0.3) is 0 Å². The Labute approximate surface area is 58.6 Å². The monoisotopic (exact) mass is 146 g/mol. The molecule has 0 saturated carbocycles. The lowest BCUT2D eigenvalue weighted by Gasteiger charge is -2.14. The van der Waals surface area contributed by atoms with Gasteiger partial charge in [-0.05, 0) is 0 Å². The first-order valence-electron chi connectivity index (χ1n) is 3.20. The first kappa shape index (κ1) is 5.97. The van der Waals surface area contributed by atoms with Crippen molar-refractivity contribution in [1.82, 2.24) is 4.90 Å². The molecule has 3 nitrogen and oxygen atoms in total. The SMILES string of the molecule is [O-][NH+]1CC2CSCN2C1. The molecule has 0 radical (unpaired) electrons. The number of fused-ring (bicyclic) bond motifs is 1. The van der Waals surface area contributed by atoms with Gasteiger partial charge in [0.05, 0.1) is 18.5 Å². The van der Waals surface area contributed by atoms with Crippen LogP contribution in [0.2, 0.25) is 0 Å². The summed E-state index contributed by atoms with van der Waals surface area (Å²) in [4.78, 5) is 2.27. The Kier molecular flexibility index (Phi) is 1.41. The molecular weight excluding hydrogens is 136 g/mol. The molecule has 2 saturated heterocycles. The second-order valence-corrected chi connectivity index (χ2v) is 3.64. The molecule has 4 heteroatoms. The molecule has 1 N–H and O–H groups in total. The van der Waals surface area contributed by atoms with Crippen molar-refractivity contribution in [2.24, 2.45) is 0 Å². The van der Waals surface area contributed by atoms with Gasteiger partial charge in [-0.15, -0.1) is 11.8 Å². The van der Waals surface area contributed by atoms with Crippen molar-refractivity contribution in [2.45, 2.75) is 6.04 Å². The zero-order chi connectivity index (χ0) is 6.27. The van der Waals surface area contributed by atoms with Gasteiger partial charge in [-0.25, -0.2) is 4.90 Å². The standard InChI is InChI=1S/C5H10N2OS/c8-7-1-5-2-9-4-6(5)3-7/h5,7H,1-4H2. The molecule has 2 unspecified atom stereocenters. The van der Waals surface area contributed by atoms with Crippen LogP contribution in [-0.4, -0.2) is 35.8 Å². The molecule has 0 bridgehead atoms. The van der Waals surface area contributed by atoms with Gasteiger partial charge >= 0.3 is 0 Å². The van der Waals surface area contributed by atoms with E-state index < -0.39 is 0 Å². The van der Waals surface area contributed by atoms with Crippen LogP contribution in [0.4, 0.5) is 0 Å². The van der Waals surface area contributed by atoms with Crippen LogP contribution >= 0.6 is 11.8 Å². The molecule has 2 aliphatic rings. The number of nitrogens with zero attached hydrogens (tertiary/aromatic N) is 1. The zero-order valence-corrected chi connectivity index (χ0v) is 5.99. The third-order valence-electron chi connectivity index (χ3n) is 1.93. The molecule has 2 heterocycles. The largest absolute Gasteiger partial charge is 0.633 e. The summed E-state index contributed by atoms with van der Waals surface area (Å²) in [6, 6.07) is 0.600. The minimum absolute atomic E-state index is 0.431. The molecule has 0 spiro atoms. The average Bonchev–Trinajstić information content (AvgIpc) is 2.22. The fourth-order valence-corrected chi connectivity index (χ4v) is 2.68. The Morgan fingerprint density at radius 3 is 3.33 bits per heavy atom. The van der Waals surface area contributed by atoms with Crippen LogP contribution in [0, 0.1) is 5.21 Å². The molecule has 0 aliphatic carbocycles. The van der Waals surface area contributed by atoms with E-state index in [-0.39, 0.29) is 0 Å². The smallest absolute Gasteiger partial charge is 0.134 e. The van der Waals surface area contributed by atoms with Gasteiger partial charge in [0.25, 0.3) is 0 Å². The molecule has 0 aromatic heterocycles. The molecule has 0 aromatic rings. The summed E-state index contributed by atoms with van der Waals surface area (Å²) < 4.78 is 0. The van der Waals surface area contributed by atoms with E-state index >= 15 is 0 Å². The Morgan fingerprint density at radius 1 is 1.67 bits per heavy atom. The van der Waals surface area contributed by atoms with Gasteiger partial charge in [-0.3, -0.25) is 0 Å².